The maximum Gasteiger partial charge on any atom is 0.0959 e. The van der Waals surface area contributed by atoms with E-state index in [0.29, 0.717) is 0 Å². The van der Waals surface area contributed by atoms with E-state index in [2.05, 4.69) is 42.5 Å². The Bertz CT molecular complexity index is 516. The largest absolute Gasteiger partial charge is 0.380 e. The minimum atomic E-state index is 0.762. The number of aryl methyl sites for hydroxylation is 2. The van der Waals surface area contributed by atoms with Gasteiger partial charge in [0.15, 0.2) is 0 Å². The molecule has 0 aliphatic rings. The summed E-state index contributed by atoms with van der Waals surface area (Å²) in [6.07, 6.45) is 4.24. The van der Waals surface area contributed by atoms with Crippen LogP contribution < -0.4 is 0 Å². The number of unbranched alkanes of at least 4 members (excludes halogenated alkanes) is 1. The van der Waals surface area contributed by atoms with Crippen LogP contribution in [0.25, 0.3) is 11.0 Å². The molecule has 0 unspecified atom stereocenters. The second kappa shape index (κ2) is 6.01. The van der Waals surface area contributed by atoms with E-state index in [1.807, 2.05) is 6.33 Å². The number of hydrogen-bond donors (Lipinski definition) is 0. The Morgan fingerprint density at radius 2 is 1.94 bits per heavy atom. The Labute approximate surface area is 109 Å². The topological polar surface area (TPSA) is 27.1 Å². The summed E-state index contributed by atoms with van der Waals surface area (Å²) >= 11 is 0. The van der Waals surface area contributed by atoms with E-state index in [9.17, 15) is 0 Å². The van der Waals surface area contributed by atoms with Crippen LogP contribution in [0.15, 0.2) is 18.5 Å². The molecule has 0 atom stereocenters. The second-order valence-corrected chi connectivity index (χ2v) is 4.83. The lowest BCUT2D eigenvalue weighted by atomic mass is 10.1. The molecule has 0 radical (unpaired) electrons. The van der Waals surface area contributed by atoms with Gasteiger partial charge in [0.05, 0.1) is 24.0 Å². The zero-order valence-corrected chi connectivity index (χ0v) is 11.6. The van der Waals surface area contributed by atoms with Crippen LogP contribution in [0, 0.1) is 13.8 Å². The van der Waals surface area contributed by atoms with Gasteiger partial charge in [-0.15, -0.1) is 0 Å². The van der Waals surface area contributed by atoms with Crippen LogP contribution in [0.5, 0.6) is 0 Å². The second-order valence-electron chi connectivity index (χ2n) is 4.83. The van der Waals surface area contributed by atoms with Gasteiger partial charge in [-0.05, 0) is 43.5 Å². The summed E-state index contributed by atoms with van der Waals surface area (Å²) in [5.41, 5.74) is 4.90. The molecule has 0 saturated heterocycles. The van der Waals surface area contributed by atoms with Crippen molar-refractivity contribution in [1.29, 1.82) is 0 Å². The molecule has 0 N–H and O–H groups in total. The van der Waals surface area contributed by atoms with Gasteiger partial charge in [0.25, 0.3) is 0 Å². The number of ether oxygens (including phenoxy) is 1. The molecule has 0 aliphatic carbocycles. The van der Waals surface area contributed by atoms with Crippen molar-refractivity contribution in [2.24, 2.45) is 0 Å². The van der Waals surface area contributed by atoms with Crippen molar-refractivity contribution in [2.45, 2.75) is 40.2 Å². The Hall–Kier alpha value is -1.35. The third-order valence-electron chi connectivity index (χ3n) is 3.36. The number of fused-ring (bicyclic) bond motifs is 1. The highest BCUT2D eigenvalue weighted by atomic mass is 16.5. The summed E-state index contributed by atoms with van der Waals surface area (Å²) in [6.45, 7) is 8.95. The SMILES string of the molecule is CCCCOCCn1cnc2cc(C)c(C)cc21. The summed E-state index contributed by atoms with van der Waals surface area (Å²) < 4.78 is 7.78. The van der Waals surface area contributed by atoms with Gasteiger partial charge < -0.3 is 9.30 Å². The zero-order chi connectivity index (χ0) is 13.0. The Kier molecular flexibility index (Phi) is 4.37. The maximum absolute atomic E-state index is 5.60. The minimum Gasteiger partial charge on any atom is -0.380 e. The fourth-order valence-electron chi connectivity index (χ4n) is 2.00. The lowest BCUT2D eigenvalue weighted by Crippen LogP contribution is -2.05. The third-order valence-corrected chi connectivity index (χ3v) is 3.36. The number of benzene rings is 1. The molecule has 0 spiro atoms. The molecule has 0 bridgehead atoms. The number of nitrogens with zero attached hydrogens (tertiary/aromatic N) is 2. The van der Waals surface area contributed by atoms with Crippen molar-refractivity contribution >= 4 is 11.0 Å². The lowest BCUT2D eigenvalue weighted by Gasteiger charge is -2.07. The fraction of sp³-hybridized carbons (Fsp3) is 0.533. The molecule has 1 heterocycles. The smallest absolute Gasteiger partial charge is 0.0959 e. The van der Waals surface area contributed by atoms with Gasteiger partial charge in [-0.3, -0.25) is 0 Å². The average Bonchev–Trinajstić information content (AvgIpc) is 2.72. The van der Waals surface area contributed by atoms with Gasteiger partial charge in [-0.25, -0.2) is 4.98 Å². The van der Waals surface area contributed by atoms with Gasteiger partial charge in [-0.2, -0.15) is 0 Å². The van der Waals surface area contributed by atoms with E-state index in [-0.39, 0.29) is 0 Å². The Morgan fingerprint density at radius 1 is 1.17 bits per heavy atom. The zero-order valence-electron chi connectivity index (χ0n) is 11.6. The summed E-state index contributed by atoms with van der Waals surface area (Å²) in [4.78, 5) is 4.44. The molecule has 2 aromatic rings. The normalized spacial score (nSPS) is 11.3. The first-order valence-electron chi connectivity index (χ1n) is 6.72. The molecule has 3 heteroatoms. The van der Waals surface area contributed by atoms with Crippen LogP contribution in [0.1, 0.15) is 30.9 Å². The highest BCUT2D eigenvalue weighted by Gasteiger charge is 2.04. The number of aromatic nitrogens is 2. The molecule has 0 amide bonds. The fourth-order valence-corrected chi connectivity index (χ4v) is 2.00. The van der Waals surface area contributed by atoms with E-state index < -0.39 is 0 Å². The van der Waals surface area contributed by atoms with Crippen LogP contribution in [0.3, 0.4) is 0 Å². The molecular formula is C15H22N2O. The lowest BCUT2D eigenvalue weighted by molar-refractivity contribution is 0.124. The first-order chi connectivity index (χ1) is 8.72. The monoisotopic (exact) mass is 246 g/mol. The number of rotatable bonds is 6. The van der Waals surface area contributed by atoms with Gasteiger partial charge in [-0.1, -0.05) is 13.3 Å². The van der Waals surface area contributed by atoms with Crippen molar-refractivity contribution in [1.82, 2.24) is 9.55 Å². The van der Waals surface area contributed by atoms with E-state index in [0.717, 1.165) is 31.7 Å². The van der Waals surface area contributed by atoms with Crippen LogP contribution >= 0.6 is 0 Å². The maximum atomic E-state index is 5.60. The molecule has 1 aromatic carbocycles. The minimum absolute atomic E-state index is 0.762. The van der Waals surface area contributed by atoms with Crippen molar-refractivity contribution in [3.8, 4) is 0 Å². The molecule has 0 saturated carbocycles. The predicted octanol–water partition coefficient (Wildman–Crippen LogP) is 3.47. The molecule has 98 valence electrons. The van der Waals surface area contributed by atoms with Crippen molar-refractivity contribution < 1.29 is 4.74 Å². The predicted molar refractivity (Wildman–Crippen MR) is 74.9 cm³/mol. The molecule has 18 heavy (non-hydrogen) atoms. The van der Waals surface area contributed by atoms with E-state index in [1.165, 1.54) is 23.1 Å². The molecule has 0 aliphatic heterocycles. The van der Waals surface area contributed by atoms with Crippen LogP contribution in [-0.2, 0) is 11.3 Å². The van der Waals surface area contributed by atoms with Crippen molar-refractivity contribution in [2.75, 3.05) is 13.2 Å². The highest BCUT2D eigenvalue weighted by molar-refractivity contribution is 5.77. The van der Waals surface area contributed by atoms with E-state index in [1.54, 1.807) is 0 Å². The third kappa shape index (κ3) is 2.91. The van der Waals surface area contributed by atoms with Gasteiger partial charge in [0.2, 0.25) is 0 Å². The van der Waals surface area contributed by atoms with Crippen LogP contribution in [0.2, 0.25) is 0 Å². The molecule has 2 rings (SSSR count). The highest BCUT2D eigenvalue weighted by Crippen LogP contribution is 2.18. The molecule has 0 fully saturated rings. The van der Waals surface area contributed by atoms with E-state index >= 15 is 0 Å². The Morgan fingerprint density at radius 3 is 2.72 bits per heavy atom. The van der Waals surface area contributed by atoms with Crippen molar-refractivity contribution in [3.63, 3.8) is 0 Å². The summed E-state index contributed by atoms with van der Waals surface area (Å²) in [5, 5.41) is 0. The van der Waals surface area contributed by atoms with Gasteiger partial charge >= 0.3 is 0 Å². The standard InChI is InChI=1S/C15H22N2O/c1-4-5-7-18-8-6-17-11-16-14-9-12(2)13(3)10-15(14)17/h9-11H,4-8H2,1-3H3. The quantitative estimate of drug-likeness (QED) is 0.730. The molecule has 3 nitrogen and oxygen atoms in total. The average molecular weight is 246 g/mol. The van der Waals surface area contributed by atoms with Gasteiger partial charge in [0.1, 0.15) is 0 Å². The van der Waals surface area contributed by atoms with Gasteiger partial charge in [0, 0.05) is 13.2 Å². The first-order valence-corrected chi connectivity index (χ1v) is 6.72. The summed E-state index contributed by atoms with van der Waals surface area (Å²) in [7, 11) is 0. The molecular weight excluding hydrogens is 224 g/mol. The van der Waals surface area contributed by atoms with E-state index in [4.69, 9.17) is 4.74 Å². The van der Waals surface area contributed by atoms with Crippen molar-refractivity contribution in [3.05, 3.63) is 29.6 Å². The molecule has 1 aromatic heterocycles. The van der Waals surface area contributed by atoms with Crippen LogP contribution in [0.4, 0.5) is 0 Å². The summed E-state index contributed by atoms with van der Waals surface area (Å²) in [5.74, 6) is 0. The number of imidazole rings is 1. The number of hydrogen-bond acceptors (Lipinski definition) is 2. The Balaban J connectivity index is 2.03. The first kappa shape index (κ1) is 13.1. The summed E-state index contributed by atoms with van der Waals surface area (Å²) in [6, 6.07) is 4.36. The van der Waals surface area contributed by atoms with Crippen LogP contribution in [-0.4, -0.2) is 22.8 Å².